The van der Waals surface area contributed by atoms with Crippen molar-refractivity contribution in [1.82, 2.24) is 30.0 Å². The summed E-state index contributed by atoms with van der Waals surface area (Å²) in [6.07, 6.45) is -2.03. The zero-order chi connectivity index (χ0) is 33.1. The fourth-order valence-corrected chi connectivity index (χ4v) is 6.50. The zero-order valence-electron chi connectivity index (χ0n) is 25.4. The van der Waals surface area contributed by atoms with Crippen LogP contribution in [0.2, 0.25) is 0 Å². The Morgan fingerprint density at radius 3 is 2.67 bits per heavy atom. The topological polar surface area (TPSA) is 154 Å². The molecular formula is C29H32F3N8O5P. The van der Waals surface area contributed by atoms with E-state index in [2.05, 4.69) is 36.0 Å². The van der Waals surface area contributed by atoms with Crippen LogP contribution in [-0.4, -0.2) is 58.0 Å². The molecule has 46 heavy (non-hydrogen) atoms. The van der Waals surface area contributed by atoms with E-state index in [4.69, 9.17) is 13.8 Å². The summed E-state index contributed by atoms with van der Waals surface area (Å²) in [5, 5.41) is 12.5. The van der Waals surface area contributed by atoms with Gasteiger partial charge in [0.05, 0.1) is 49.2 Å². The van der Waals surface area contributed by atoms with Crippen molar-refractivity contribution in [3.8, 4) is 17.0 Å². The molecule has 8 bridgehead atoms. The number of carbonyl (C=O) groups excluding carboxylic acids is 1. The molecule has 0 radical (unpaired) electrons. The number of pyridine rings is 1. The third-order valence-electron chi connectivity index (χ3n) is 6.94. The summed E-state index contributed by atoms with van der Waals surface area (Å²) in [6.45, 7) is 4.20. The number of benzene rings is 1. The van der Waals surface area contributed by atoms with E-state index in [0.717, 1.165) is 0 Å². The van der Waals surface area contributed by atoms with Gasteiger partial charge in [-0.2, -0.15) is 23.3 Å². The maximum atomic E-state index is 14.1. The highest BCUT2D eigenvalue weighted by molar-refractivity contribution is 7.53. The van der Waals surface area contributed by atoms with E-state index in [1.165, 1.54) is 20.2 Å². The van der Waals surface area contributed by atoms with Crippen molar-refractivity contribution >= 4 is 36.6 Å². The largest absolute Gasteiger partial charge is 0.495 e. The van der Waals surface area contributed by atoms with Crippen molar-refractivity contribution in [1.29, 1.82) is 0 Å². The zero-order valence-corrected chi connectivity index (χ0v) is 26.3. The Bertz CT molecular complexity index is 1800. The molecule has 7 heterocycles. The Morgan fingerprint density at radius 1 is 1.17 bits per heavy atom. The number of nitrogens with one attached hydrogen (secondary N) is 3. The molecule has 1 unspecified atom stereocenters. The number of aromatic nitrogens is 5. The van der Waals surface area contributed by atoms with Gasteiger partial charge in [-0.05, 0) is 50.1 Å². The number of hydrogen-bond acceptors (Lipinski definition) is 11. The summed E-state index contributed by atoms with van der Waals surface area (Å²) < 4.78 is 74.4. The molecule has 0 fully saturated rings. The maximum absolute atomic E-state index is 14.1. The molecule has 3 aromatic heterocycles. The summed E-state index contributed by atoms with van der Waals surface area (Å²) in [5.74, 6) is -1.15. The van der Waals surface area contributed by atoms with Crippen LogP contribution in [0.25, 0.3) is 11.3 Å². The Hall–Kier alpha value is -4.53. The molecule has 0 saturated carbocycles. The molecule has 0 aliphatic carbocycles. The first-order valence-electron chi connectivity index (χ1n) is 14.2. The predicted octanol–water partition coefficient (Wildman–Crippen LogP) is 6.07. The second-order valence-corrected chi connectivity index (χ2v) is 12.2. The number of hydrogen-bond donors (Lipinski definition) is 3. The SMILES string of the molecule is CCOP1(=O)Cc2ccc(c(OC)c2)Nc2ncc(C(F)(F)F)c(n2)Nc2ccc(nc2C(=O)NC)-c2cn(nc2C)CCCO1. The van der Waals surface area contributed by atoms with Gasteiger partial charge in [-0.1, -0.05) is 6.07 Å². The lowest BCUT2D eigenvalue weighted by Crippen LogP contribution is -2.21. The molecule has 17 heteroatoms. The third kappa shape index (κ3) is 7.30. The minimum absolute atomic E-state index is 0.0109. The molecule has 1 amide bonds. The van der Waals surface area contributed by atoms with E-state index in [-0.39, 0.29) is 42.5 Å². The quantitative estimate of drug-likeness (QED) is 0.219. The first kappa shape index (κ1) is 32.9. The summed E-state index contributed by atoms with van der Waals surface area (Å²) >= 11 is 0. The van der Waals surface area contributed by atoms with Crippen LogP contribution < -0.4 is 20.7 Å². The molecule has 1 atom stereocenters. The highest BCUT2D eigenvalue weighted by atomic mass is 31.2. The Kier molecular flexibility index (Phi) is 9.60. The number of methoxy groups -OCH3 is 1. The molecule has 8 rings (SSSR count). The van der Waals surface area contributed by atoms with E-state index >= 15 is 0 Å². The van der Waals surface area contributed by atoms with E-state index in [9.17, 15) is 22.5 Å². The average Bonchev–Trinajstić information content (AvgIpc) is 3.39. The van der Waals surface area contributed by atoms with E-state index in [0.29, 0.717) is 47.4 Å². The first-order valence-corrected chi connectivity index (χ1v) is 16.0. The number of halogens is 3. The van der Waals surface area contributed by atoms with Gasteiger partial charge >= 0.3 is 13.8 Å². The molecule has 3 N–H and O–H groups in total. The van der Waals surface area contributed by atoms with Crippen LogP contribution in [-0.2, 0) is 32.5 Å². The number of nitrogens with zero attached hydrogens (tertiary/aromatic N) is 5. The van der Waals surface area contributed by atoms with Gasteiger partial charge in [-0.3, -0.25) is 14.0 Å². The highest BCUT2D eigenvalue weighted by Crippen LogP contribution is 2.52. The van der Waals surface area contributed by atoms with Crippen LogP contribution in [0.4, 0.5) is 36.3 Å². The standard InChI is InChI=1S/C29H32F3N8O5P/c1-5-44-46(42)16-18-7-8-22(24(13-18)43-4)37-28-34-14-20(29(30,31)32)26(38-28)36-23-10-9-21(35-25(23)27(41)33-3)19-15-40(39-17(19)2)11-6-12-45-46/h7-10,13-15H,5-6,11-12,16H2,1-4H3,(H,33,41)(H2,34,36,37,38). The van der Waals surface area contributed by atoms with E-state index < -0.39 is 31.1 Å². The maximum Gasteiger partial charge on any atom is 0.421 e. The van der Waals surface area contributed by atoms with E-state index in [1.54, 1.807) is 49.0 Å². The summed E-state index contributed by atoms with van der Waals surface area (Å²) in [6, 6.07) is 7.88. The first-order chi connectivity index (χ1) is 21.9. The van der Waals surface area contributed by atoms with Gasteiger partial charge < -0.3 is 29.7 Å². The lowest BCUT2D eigenvalue weighted by atomic mass is 10.1. The van der Waals surface area contributed by atoms with Gasteiger partial charge in [0.2, 0.25) is 5.95 Å². The van der Waals surface area contributed by atoms with Crippen molar-refractivity contribution in [3.63, 3.8) is 0 Å². The molecule has 4 aliphatic rings. The predicted molar refractivity (Wildman–Crippen MR) is 164 cm³/mol. The Morgan fingerprint density at radius 2 is 1.96 bits per heavy atom. The summed E-state index contributed by atoms with van der Waals surface area (Å²) in [7, 11) is -0.763. The third-order valence-corrected chi connectivity index (χ3v) is 8.92. The molecule has 1 aromatic carbocycles. The lowest BCUT2D eigenvalue weighted by molar-refractivity contribution is -0.137. The molecular weight excluding hydrogens is 628 g/mol. The van der Waals surface area contributed by atoms with E-state index in [1.807, 2.05) is 0 Å². The van der Waals surface area contributed by atoms with Gasteiger partial charge in [0.15, 0.2) is 5.69 Å². The van der Waals surface area contributed by atoms with Crippen LogP contribution in [0, 0.1) is 6.92 Å². The monoisotopic (exact) mass is 660 g/mol. The molecule has 13 nitrogen and oxygen atoms in total. The number of alkyl halides is 3. The fraction of sp³-hybridized carbons (Fsp3) is 0.345. The minimum atomic E-state index is -4.83. The normalized spacial score (nSPS) is 16.9. The molecule has 0 saturated heterocycles. The van der Waals surface area contributed by atoms with Gasteiger partial charge in [0.1, 0.15) is 17.1 Å². The van der Waals surface area contributed by atoms with Gasteiger partial charge in [0.25, 0.3) is 5.91 Å². The summed E-state index contributed by atoms with van der Waals surface area (Å²) in [5.41, 5.74) is 1.18. The number of rotatable bonds is 4. The van der Waals surface area contributed by atoms with Gasteiger partial charge in [0, 0.05) is 31.5 Å². The highest BCUT2D eigenvalue weighted by Gasteiger charge is 2.36. The van der Waals surface area contributed by atoms with Crippen LogP contribution >= 0.6 is 7.60 Å². The second-order valence-electron chi connectivity index (χ2n) is 10.2. The molecule has 4 aliphatic heterocycles. The number of carbonyl (C=O) groups is 1. The summed E-state index contributed by atoms with van der Waals surface area (Å²) in [4.78, 5) is 25.4. The smallest absolute Gasteiger partial charge is 0.421 e. The Labute approximate surface area is 262 Å². The second kappa shape index (κ2) is 13.4. The van der Waals surface area contributed by atoms with Gasteiger partial charge in [-0.25, -0.2) is 9.97 Å². The van der Waals surface area contributed by atoms with Crippen molar-refractivity contribution in [2.45, 2.75) is 39.2 Å². The number of ether oxygens (including phenoxy) is 1. The number of amides is 1. The lowest BCUT2D eigenvalue weighted by Gasteiger charge is -2.19. The van der Waals surface area contributed by atoms with Crippen LogP contribution in [0.1, 0.15) is 40.7 Å². The van der Waals surface area contributed by atoms with Crippen LogP contribution in [0.5, 0.6) is 5.75 Å². The molecule has 4 aromatic rings. The fourth-order valence-electron chi connectivity index (χ4n) is 4.79. The van der Waals surface area contributed by atoms with Crippen LogP contribution in [0.3, 0.4) is 0 Å². The molecule has 244 valence electrons. The van der Waals surface area contributed by atoms with Crippen molar-refractivity contribution in [3.05, 3.63) is 65.2 Å². The minimum Gasteiger partial charge on any atom is -0.495 e. The van der Waals surface area contributed by atoms with Crippen molar-refractivity contribution in [2.24, 2.45) is 0 Å². The van der Waals surface area contributed by atoms with Gasteiger partial charge in [-0.15, -0.1) is 0 Å². The average molecular weight is 661 g/mol. The molecule has 0 spiro atoms. The van der Waals surface area contributed by atoms with Crippen molar-refractivity contribution < 1.29 is 36.3 Å². The van der Waals surface area contributed by atoms with Crippen LogP contribution in [0.15, 0.2) is 42.7 Å². The van der Waals surface area contributed by atoms with Crippen molar-refractivity contribution in [2.75, 3.05) is 38.0 Å². The Balaban J connectivity index is 1.64. The number of aryl methyl sites for hydroxylation is 2. The number of anilines is 4.